The van der Waals surface area contributed by atoms with Gasteiger partial charge in [0, 0.05) is 25.4 Å². The third-order valence-electron chi connectivity index (χ3n) is 3.69. The fourth-order valence-corrected chi connectivity index (χ4v) is 2.54. The van der Waals surface area contributed by atoms with E-state index in [1.54, 1.807) is 0 Å². The predicted molar refractivity (Wildman–Crippen MR) is 72.6 cm³/mol. The quantitative estimate of drug-likeness (QED) is 0.860. The zero-order valence-electron chi connectivity index (χ0n) is 11.0. The van der Waals surface area contributed by atoms with Crippen LogP contribution in [0.3, 0.4) is 0 Å². The van der Waals surface area contributed by atoms with Gasteiger partial charge in [-0.3, -0.25) is 0 Å². The summed E-state index contributed by atoms with van der Waals surface area (Å²) in [6, 6.07) is 6.53. The number of ether oxygens (including phenoxy) is 1. The third-order valence-corrected chi connectivity index (χ3v) is 3.69. The minimum atomic E-state index is 0.772. The second kappa shape index (κ2) is 6.06. The van der Waals surface area contributed by atoms with E-state index < -0.39 is 0 Å². The van der Waals surface area contributed by atoms with Crippen molar-refractivity contribution >= 4 is 5.69 Å². The molecule has 17 heavy (non-hydrogen) atoms. The lowest BCUT2D eigenvalue weighted by atomic mass is 9.99. The van der Waals surface area contributed by atoms with Crippen LogP contribution in [-0.2, 0) is 11.2 Å². The summed E-state index contributed by atoms with van der Waals surface area (Å²) in [5.41, 5.74) is 4.17. The van der Waals surface area contributed by atoms with Crippen molar-refractivity contribution in [2.75, 3.05) is 25.1 Å². The number of hydrogen-bond acceptors (Lipinski definition) is 2. The monoisotopic (exact) mass is 233 g/mol. The zero-order valence-corrected chi connectivity index (χ0v) is 11.0. The maximum atomic E-state index is 5.39. The Bertz CT molecular complexity index is 356. The topological polar surface area (TPSA) is 21.3 Å². The molecule has 0 unspecified atom stereocenters. The molecule has 1 saturated heterocycles. The summed E-state index contributed by atoms with van der Waals surface area (Å²) in [4.78, 5) is 0. The molecule has 0 atom stereocenters. The van der Waals surface area contributed by atoms with Gasteiger partial charge in [0.05, 0.1) is 0 Å². The van der Waals surface area contributed by atoms with Crippen LogP contribution in [0.2, 0.25) is 0 Å². The molecule has 1 aliphatic rings. The second-order valence-electron chi connectivity index (χ2n) is 4.89. The van der Waals surface area contributed by atoms with Crippen molar-refractivity contribution in [2.45, 2.75) is 33.1 Å². The lowest BCUT2D eigenvalue weighted by molar-refractivity contribution is 0.0699. The van der Waals surface area contributed by atoms with Crippen LogP contribution in [0.1, 0.15) is 30.9 Å². The Morgan fingerprint density at radius 3 is 2.76 bits per heavy atom. The average Bonchev–Trinajstić information content (AvgIpc) is 2.37. The number of hydrogen-bond donors (Lipinski definition) is 1. The molecule has 1 fully saturated rings. The first-order valence-corrected chi connectivity index (χ1v) is 6.71. The van der Waals surface area contributed by atoms with Gasteiger partial charge in [-0.25, -0.2) is 0 Å². The van der Waals surface area contributed by atoms with Gasteiger partial charge in [-0.05, 0) is 49.3 Å². The summed E-state index contributed by atoms with van der Waals surface area (Å²) in [5.74, 6) is 0.772. The van der Waals surface area contributed by atoms with Gasteiger partial charge in [0.15, 0.2) is 0 Å². The van der Waals surface area contributed by atoms with Crippen molar-refractivity contribution in [3.63, 3.8) is 0 Å². The molecule has 1 aromatic rings. The van der Waals surface area contributed by atoms with E-state index in [4.69, 9.17) is 4.74 Å². The molecule has 1 aromatic carbocycles. The van der Waals surface area contributed by atoms with E-state index in [0.717, 1.165) is 32.1 Å². The molecule has 1 heterocycles. The first-order chi connectivity index (χ1) is 8.31. The molecular weight excluding hydrogens is 210 g/mol. The third kappa shape index (κ3) is 3.22. The predicted octanol–water partition coefficient (Wildman–Crippen LogP) is 3.40. The molecule has 94 valence electrons. The molecule has 0 spiro atoms. The molecule has 0 bridgehead atoms. The maximum Gasteiger partial charge on any atom is 0.0469 e. The lowest BCUT2D eigenvalue weighted by Gasteiger charge is -2.23. The highest BCUT2D eigenvalue weighted by Gasteiger charge is 2.13. The number of rotatable bonds is 4. The van der Waals surface area contributed by atoms with Crippen molar-refractivity contribution in [1.29, 1.82) is 0 Å². The van der Waals surface area contributed by atoms with Gasteiger partial charge in [-0.2, -0.15) is 0 Å². The van der Waals surface area contributed by atoms with E-state index >= 15 is 0 Å². The van der Waals surface area contributed by atoms with Crippen LogP contribution >= 0.6 is 0 Å². The summed E-state index contributed by atoms with van der Waals surface area (Å²) in [6.07, 6.45) is 3.49. The highest BCUT2D eigenvalue weighted by Crippen LogP contribution is 2.22. The van der Waals surface area contributed by atoms with Crippen molar-refractivity contribution < 1.29 is 4.74 Å². The van der Waals surface area contributed by atoms with E-state index in [9.17, 15) is 0 Å². The number of benzene rings is 1. The number of anilines is 1. The maximum absolute atomic E-state index is 5.39. The van der Waals surface area contributed by atoms with Gasteiger partial charge in [-0.1, -0.05) is 19.1 Å². The van der Waals surface area contributed by atoms with Gasteiger partial charge < -0.3 is 10.1 Å². The molecule has 0 radical (unpaired) electrons. The molecule has 2 heteroatoms. The normalized spacial score (nSPS) is 17.1. The molecule has 0 saturated carbocycles. The van der Waals surface area contributed by atoms with Crippen LogP contribution in [0, 0.1) is 12.8 Å². The SMILES string of the molecule is CCc1c(C)cccc1NCC1CCOCC1. The van der Waals surface area contributed by atoms with Crippen LogP contribution in [0.15, 0.2) is 18.2 Å². The van der Waals surface area contributed by atoms with Crippen molar-refractivity contribution in [3.05, 3.63) is 29.3 Å². The van der Waals surface area contributed by atoms with Gasteiger partial charge in [0.25, 0.3) is 0 Å². The van der Waals surface area contributed by atoms with Gasteiger partial charge in [-0.15, -0.1) is 0 Å². The van der Waals surface area contributed by atoms with E-state index in [-0.39, 0.29) is 0 Å². The van der Waals surface area contributed by atoms with Gasteiger partial charge >= 0.3 is 0 Å². The van der Waals surface area contributed by atoms with Crippen molar-refractivity contribution in [1.82, 2.24) is 0 Å². The zero-order chi connectivity index (χ0) is 12.1. The molecule has 1 aliphatic heterocycles. The molecule has 0 aromatic heterocycles. The van der Waals surface area contributed by atoms with E-state index in [2.05, 4.69) is 37.4 Å². The van der Waals surface area contributed by atoms with Gasteiger partial charge in [0.2, 0.25) is 0 Å². The summed E-state index contributed by atoms with van der Waals surface area (Å²) in [5, 5.41) is 3.62. The fourth-order valence-electron chi connectivity index (χ4n) is 2.54. The molecule has 2 nitrogen and oxygen atoms in total. The highest BCUT2D eigenvalue weighted by molar-refractivity contribution is 5.54. The lowest BCUT2D eigenvalue weighted by Crippen LogP contribution is -2.23. The minimum absolute atomic E-state index is 0.772. The fraction of sp³-hybridized carbons (Fsp3) is 0.600. The Kier molecular flexibility index (Phi) is 4.43. The minimum Gasteiger partial charge on any atom is -0.385 e. The highest BCUT2D eigenvalue weighted by atomic mass is 16.5. The van der Waals surface area contributed by atoms with E-state index in [0.29, 0.717) is 0 Å². The van der Waals surface area contributed by atoms with Crippen molar-refractivity contribution in [2.24, 2.45) is 5.92 Å². The van der Waals surface area contributed by atoms with Crippen LogP contribution in [0.25, 0.3) is 0 Å². The van der Waals surface area contributed by atoms with Gasteiger partial charge in [0.1, 0.15) is 0 Å². The molecular formula is C15H23NO. The van der Waals surface area contributed by atoms with Crippen LogP contribution in [0.4, 0.5) is 5.69 Å². The Morgan fingerprint density at radius 2 is 2.06 bits per heavy atom. The first-order valence-electron chi connectivity index (χ1n) is 6.71. The average molecular weight is 233 g/mol. The molecule has 2 rings (SSSR count). The Labute approximate surface area is 104 Å². The summed E-state index contributed by atoms with van der Waals surface area (Å²) in [7, 11) is 0. The number of aryl methyl sites for hydroxylation is 1. The smallest absolute Gasteiger partial charge is 0.0469 e. The second-order valence-corrected chi connectivity index (χ2v) is 4.89. The van der Waals surface area contributed by atoms with Crippen LogP contribution in [0.5, 0.6) is 0 Å². The summed E-state index contributed by atoms with van der Waals surface area (Å²) in [6.45, 7) is 7.36. The Hall–Kier alpha value is -1.02. The summed E-state index contributed by atoms with van der Waals surface area (Å²) < 4.78 is 5.39. The first kappa shape index (κ1) is 12.4. The molecule has 0 aliphatic carbocycles. The van der Waals surface area contributed by atoms with Crippen LogP contribution in [-0.4, -0.2) is 19.8 Å². The van der Waals surface area contributed by atoms with Crippen LogP contribution < -0.4 is 5.32 Å². The standard InChI is InChI=1S/C15H23NO/c1-3-14-12(2)5-4-6-15(14)16-11-13-7-9-17-10-8-13/h4-6,13,16H,3,7-11H2,1-2H3. The largest absolute Gasteiger partial charge is 0.385 e. The molecule has 0 amide bonds. The Balaban J connectivity index is 1.95. The van der Waals surface area contributed by atoms with E-state index in [1.165, 1.54) is 29.7 Å². The Morgan fingerprint density at radius 1 is 1.29 bits per heavy atom. The van der Waals surface area contributed by atoms with Crippen molar-refractivity contribution in [3.8, 4) is 0 Å². The van der Waals surface area contributed by atoms with E-state index in [1.807, 2.05) is 0 Å². The number of nitrogens with one attached hydrogen (secondary N) is 1. The molecule has 1 N–H and O–H groups in total. The summed E-state index contributed by atoms with van der Waals surface area (Å²) >= 11 is 0.